The van der Waals surface area contributed by atoms with E-state index in [4.69, 9.17) is 16.8 Å². The summed E-state index contributed by atoms with van der Waals surface area (Å²) >= 11 is 5.72. The summed E-state index contributed by atoms with van der Waals surface area (Å²) in [4.78, 5) is 0. The first-order chi connectivity index (χ1) is 5.77. The Labute approximate surface area is 76.4 Å². The number of hydrogen-bond acceptors (Lipinski definition) is 2. The first-order valence-electron chi connectivity index (χ1n) is 3.60. The first-order valence-corrected chi connectivity index (χ1v) is 3.98. The Morgan fingerprint density at radius 2 is 2.25 bits per heavy atom. The summed E-state index contributed by atoms with van der Waals surface area (Å²) in [7, 11) is 0. The van der Waals surface area contributed by atoms with Crippen LogP contribution < -0.4 is 5.48 Å². The van der Waals surface area contributed by atoms with Crippen molar-refractivity contribution in [1.29, 1.82) is 0 Å². The van der Waals surface area contributed by atoms with E-state index in [0.717, 1.165) is 5.56 Å². The molecule has 0 aromatic heterocycles. The minimum Gasteiger partial charge on any atom is -0.291 e. The second-order valence-corrected chi connectivity index (χ2v) is 2.78. The highest BCUT2D eigenvalue weighted by Gasteiger charge is 1.97. The molecule has 1 aromatic rings. The molecule has 0 radical (unpaired) electrons. The van der Waals surface area contributed by atoms with Gasteiger partial charge in [0.05, 0.1) is 5.69 Å². The molecule has 0 aliphatic rings. The van der Waals surface area contributed by atoms with Gasteiger partial charge in [0.15, 0.2) is 0 Å². The zero-order valence-corrected chi connectivity index (χ0v) is 7.47. The summed E-state index contributed by atoms with van der Waals surface area (Å²) < 4.78 is 0. The van der Waals surface area contributed by atoms with Gasteiger partial charge in [-0.25, -0.2) is 0 Å². The first kappa shape index (κ1) is 9.10. The highest BCUT2D eigenvalue weighted by atomic mass is 35.5. The van der Waals surface area contributed by atoms with Crippen LogP contribution in [-0.2, 0) is 0 Å². The predicted octanol–water partition coefficient (Wildman–Crippen LogP) is 3.17. The Kier molecular flexibility index (Phi) is 3.14. The van der Waals surface area contributed by atoms with Crippen molar-refractivity contribution in [3.05, 3.63) is 34.9 Å². The minimum absolute atomic E-state index is 0.597. The van der Waals surface area contributed by atoms with Crippen molar-refractivity contribution in [1.82, 2.24) is 0 Å². The van der Waals surface area contributed by atoms with Crippen LogP contribution in [-0.4, -0.2) is 5.21 Å². The average Bonchev–Trinajstić information content (AvgIpc) is 2.08. The Bertz CT molecular complexity index is 297. The van der Waals surface area contributed by atoms with Gasteiger partial charge in [-0.05, 0) is 24.6 Å². The molecule has 2 nitrogen and oxygen atoms in total. The lowest BCUT2D eigenvalue weighted by atomic mass is 10.2. The monoisotopic (exact) mass is 183 g/mol. The minimum atomic E-state index is 0.597. The van der Waals surface area contributed by atoms with Gasteiger partial charge in [-0.2, -0.15) is 0 Å². The normalized spacial score (nSPS) is 10.6. The lowest BCUT2D eigenvalue weighted by Gasteiger charge is -2.03. The summed E-state index contributed by atoms with van der Waals surface area (Å²) in [6.07, 6.45) is 3.78. The Morgan fingerprint density at radius 1 is 1.50 bits per heavy atom. The Morgan fingerprint density at radius 3 is 2.83 bits per heavy atom. The number of allylic oxidation sites excluding steroid dienone is 1. The maximum atomic E-state index is 8.73. The van der Waals surface area contributed by atoms with Gasteiger partial charge < -0.3 is 0 Å². The number of anilines is 1. The van der Waals surface area contributed by atoms with Gasteiger partial charge in [-0.15, -0.1) is 0 Å². The topological polar surface area (TPSA) is 32.3 Å². The van der Waals surface area contributed by atoms with E-state index < -0.39 is 0 Å². The van der Waals surface area contributed by atoms with Crippen molar-refractivity contribution in [2.75, 3.05) is 5.48 Å². The molecule has 0 saturated carbocycles. The van der Waals surface area contributed by atoms with Crippen molar-refractivity contribution in [3.63, 3.8) is 0 Å². The van der Waals surface area contributed by atoms with Gasteiger partial charge in [0.2, 0.25) is 0 Å². The van der Waals surface area contributed by atoms with Crippen molar-refractivity contribution in [2.24, 2.45) is 0 Å². The molecule has 0 spiro atoms. The summed E-state index contributed by atoms with van der Waals surface area (Å²) in [6.45, 7) is 1.91. The van der Waals surface area contributed by atoms with E-state index in [9.17, 15) is 0 Å². The molecular weight excluding hydrogens is 174 g/mol. The van der Waals surface area contributed by atoms with E-state index in [-0.39, 0.29) is 0 Å². The van der Waals surface area contributed by atoms with Gasteiger partial charge in [0.1, 0.15) is 0 Å². The molecule has 0 bridgehead atoms. The summed E-state index contributed by atoms with van der Waals surface area (Å²) in [5.74, 6) is 0. The maximum Gasteiger partial charge on any atom is 0.0689 e. The highest BCUT2D eigenvalue weighted by Crippen LogP contribution is 2.21. The van der Waals surface area contributed by atoms with Crippen LogP contribution in [0.1, 0.15) is 12.5 Å². The van der Waals surface area contributed by atoms with Crippen LogP contribution >= 0.6 is 11.6 Å². The van der Waals surface area contributed by atoms with Crippen LogP contribution in [0.4, 0.5) is 5.69 Å². The van der Waals surface area contributed by atoms with Gasteiger partial charge in [-0.1, -0.05) is 29.8 Å². The molecule has 3 heteroatoms. The second-order valence-electron chi connectivity index (χ2n) is 2.34. The van der Waals surface area contributed by atoms with Crippen LogP contribution in [0.5, 0.6) is 0 Å². The number of hydrogen-bond donors (Lipinski definition) is 2. The fourth-order valence-corrected chi connectivity index (χ4v) is 1.12. The lowest BCUT2D eigenvalue weighted by molar-refractivity contribution is 0.389. The van der Waals surface area contributed by atoms with Crippen molar-refractivity contribution < 1.29 is 5.21 Å². The molecule has 1 aromatic carbocycles. The van der Waals surface area contributed by atoms with E-state index in [1.165, 1.54) is 0 Å². The predicted molar refractivity (Wildman–Crippen MR) is 51.6 cm³/mol. The quantitative estimate of drug-likeness (QED) is 0.691. The summed E-state index contributed by atoms with van der Waals surface area (Å²) in [6, 6.07) is 5.27. The molecule has 1 rings (SSSR count). The summed E-state index contributed by atoms with van der Waals surface area (Å²) in [5, 5.41) is 9.32. The molecule has 0 heterocycles. The molecule has 0 fully saturated rings. The van der Waals surface area contributed by atoms with Gasteiger partial charge in [0, 0.05) is 5.02 Å². The number of nitrogens with one attached hydrogen (secondary N) is 1. The molecule has 12 heavy (non-hydrogen) atoms. The van der Waals surface area contributed by atoms with E-state index in [0.29, 0.717) is 10.7 Å². The van der Waals surface area contributed by atoms with Crippen molar-refractivity contribution >= 4 is 23.4 Å². The third-order valence-corrected chi connectivity index (χ3v) is 1.72. The number of halogens is 1. The zero-order chi connectivity index (χ0) is 8.97. The third kappa shape index (κ3) is 2.00. The molecule has 64 valence electrons. The molecule has 0 aliphatic carbocycles. The molecular formula is C9H10ClNO. The third-order valence-electron chi connectivity index (χ3n) is 1.48. The number of rotatable bonds is 2. The number of benzene rings is 1. The van der Waals surface area contributed by atoms with Crippen LogP contribution in [0, 0.1) is 0 Å². The van der Waals surface area contributed by atoms with Gasteiger partial charge >= 0.3 is 0 Å². The second kappa shape index (κ2) is 4.14. The summed E-state index contributed by atoms with van der Waals surface area (Å²) in [5.41, 5.74) is 3.60. The van der Waals surface area contributed by atoms with Crippen molar-refractivity contribution in [2.45, 2.75) is 6.92 Å². The molecule has 0 saturated heterocycles. The molecule has 2 N–H and O–H groups in total. The van der Waals surface area contributed by atoms with Crippen LogP contribution in [0.15, 0.2) is 24.3 Å². The lowest BCUT2D eigenvalue weighted by Crippen LogP contribution is -1.91. The van der Waals surface area contributed by atoms with Crippen LogP contribution in [0.25, 0.3) is 6.08 Å². The molecule has 0 amide bonds. The van der Waals surface area contributed by atoms with Gasteiger partial charge in [-0.3, -0.25) is 10.7 Å². The van der Waals surface area contributed by atoms with E-state index in [1.807, 2.05) is 25.1 Å². The average molecular weight is 184 g/mol. The van der Waals surface area contributed by atoms with E-state index >= 15 is 0 Å². The Balaban J connectivity index is 3.10. The molecule has 0 unspecified atom stereocenters. The fourth-order valence-electron chi connectivity index (χ4n) is 0.950. The maximum absolute atomic E-state index is 8.73. The SMILES string of the molecule is CC=Cc1ccc(Cl)cc1NO. The largest absolute Gasteiger partial charge is 0.291 e. The fraction of sp³-hybridized carbons (Fsp3) is 0.111. The zero-order valence-electron chi connectivity index (χ0n) is 6.71. The van der Waals surface area contributed by atoms with Gasteiger partial charge in [0.25, 0.3) is 0 Å². The standard InChI is InChI=1S/C9H10ClNO/c1-2-3-7-4-5-8(10)6-9(7)11-12/h2-6,11-12H,1H3. The van der Waals surface area contributed by atoms with Crippen molar-refractivity contribution in [3.8, 4) is 0 Å². The molecule has 0 atom stereocenters. The van der Waals surface area contributed by atoms with E-state index in [1.54, 1.807) is 12.1 Å². The Hall–Kier alpha value is -0.990. The van der Waals surface area contributed by atoms with Crippen LogP contribution in [0.2, 0.25) is 5.02 Å². The van der Waals surface area contributed by atoms with Crippen LogP contribution in [0.3, 0.4) is 0 Å². The highest BCUT2D eigenvalue weighted by molar-refractivity contribution is 6.30. The smallest absolute Gasteiger partial charge is 0.0689 e. The molecule has 0 aliphatic heterocycles. The van der Waals surface area contributed by atoms with E-state index in [2.05, 4.69) is 5.48 Å².